The van der Waals surface area contributed by atoms with Crippen LogP contribution >= 0.6 is 11.6 Å². The number of amides is 2. The van der Waals surface area contributed by atoms with Crippen molar-refractivity contribution >= 4 is 46.7 Å². The Morgan fingerprint density at radius 1 is 0.875 bits per heavy atom. The third-order valence-corrected chi connectivity index (χ3v) is 6.50. The van der Waals surface area contributed by atoms with Crippen molar-refractivity contribution in [2.75, 3.05) is 16.8 Å². The lowest BCUT2D eigenvalue weighted by atomic mass is 9.87. The van der Waals surface area contributed by atoms with Gasteiger partial charge in [0.1, 0.15) is 16.5 Å². The molecule has 0 radical (unpaired) electrons. The van der Waals surface area contributed by atoms with Gasteiger partial charge >= 0.3 is 11.9 Å². The molecule has 3 aromatic carbocycles. The van der Waals surface area contributed by atoms with Crippen LogP contribution in [0.2, 0.25) is 0 Å². The first-order valence-corrected chi connectivity index (χ1v) is 13.1. The molecule has 3 aromatic rings. The van der Waals surface area contributed by atoms with Gasteiger partial charge in [-0.25, -0.2) is 14.5 Å². The second-order valence-corrected chi connectivity index (χ2v) is 10.5. The van der Waals surface area contributed by atoms with E-state index in [0.29, 0.717) is 23.4 Å². The summed E-state index contributed by atoms with van der Waals surface area (Å²) in [7, 11) is 0. The van der Waals surface area contributed by atoms with Gasteiger partial charge < -0.3 is 14.8 Å². The summed E-state index contributed by atoms with van der Waals surface area (Å²) >= 11 is 6.26. The number of ether oxygens (including phenoxy) is 2. The molecule has 0 bridgehead atoms. The van der Waals surface area contributed by atoms with Crippen LogP contribution < -0.4 is 15.0 Å². The zero-order valence-corrected chi connectivity index (χ0v) is 23.4. The third-order valence-electron chi connectivity index (χ3n) is 6.15. The van der Waals surface area contributed by atoms with Gasteiger partial charge in [-0.05, 0) is 65.9 Å². The Hall–Kier alpha value is -4.43. The minimum atomic E-state index is -0.775. The van der Waals surface area contributed by atoms with E-state index in [4.69, 9.17) is 21.1 Å². The predicted molar refractivity (Wildman–Crippen MR) is 153 cm³/mol. The molecule has 0 aliphatic carbocycles. The number of carbonyl (C=O) groups is 4. The van der Waals surface area contributed by atoms with Crippen molar-refractivity contribution < 1.29 is 28.7 Å². The monoisotopic (exact) mass is 560 g/mol. The van der Waals surface area contributed by atoms with Gasteiger partial charge in [-0.1, -0.05) is 63.6 Å². The Morgan fingerprint density at radius 2 is 1.52 bits per heavy atom. The molecule has 40 heavy (non-hydrogen) atoms. The fraction of sp³-hybridized carbons (Fsp3) is 0.226. The molecule has 0 atom stereocenters. The lowest BCUT2D eigenvalue weighted by Gasteiger charge is -2.19. The van der Waals surface area contributed by atoms with E-state index in [0.717, 1.165) is 10.5 Å². The molecule has 0 saturated heterocycles. The molecule has 1 aliphatic heterocycles. The molecule has 1 N–H and O–H groups in total. The topological polar surface area (TPSA) is 102 Å². The standard InChI is InChI=1S/C31H29ClN2O6/c1-5-18-39-30(38)23-8-6-7-9-24(23)34-27(35)25(32)26(28(34)36)33-21-14-10-19(11-15-21)29(37)40-22-16-12-20(13-17-22)31(2,3)4/h6-17,33H,5,18H2,1-4H3. The molecule has 2 amide bonds. The quantitative estimate of drug-likeness (QED) is 0.199. The second kappa shape index (κ2) is 11.8. The molecule has 9 heteroatoms. The van der Waals surface area contributed by atoms with Crippen LogP contribution in [0.1, 0.15) is 60.4 Å². The first kappa shape index (κ1) is 28.6. The highest BCUT2D eigenvalue weighted by atomic mass is 35.5. The predicted octanol–water partition coefficient (Wildman–Crippen LogP) is 6.21. The minimum absolute atomic E-state index is 0.0179. The van der Waals surface area contributed by atoms with Crippen molar-refractivity contribution in [3.63, 3.8) is 0 Å². The first-order valence-electron chi connectivity index (χ1n) is 12.8. The van der Waals surface area contributed by atoms with Crippen LogP contribution in [-0.2, 0) is 19.7 Å². The molecule has 1 heterocycles. The number of nitrogens with zero attached hydrogens (tertiary/aromatic N) is 1. The maximum Gasteiger partial charge on any atom is 0.343 e. The van der Waals surface area contributed by atoms with E-state index in [1.54, 1.807) is 36.4 Å². The first-order chi connectivity index (χ1) is 19.0. The van der Waals surface area contributed by atoms with Crippen LogP contribution in [0.4, 0.5) is 11.4 Å². The summed E-state index contributed by atoms with van der Waals surface area (Å²) < 4.78 is 10.7. The summed E-state index contributed by atoms with van der Waals surface area (Å²) in [6, 6.07) is 19.7. The van der Waals surface area contributed by atoms with Crippen LogP contribution in [0.25, 0.3) is 0 Å². The Bertz CT molecular complexity index is 1490. The summed E-state index contributed by atoms with van der Waals surface area (Å²) in [5.74, 6) is -2.28. The highest BCUT2D eigenvalue weighted by Crippen LogP contribution is 2.32. The summed E-state index contributed by atoms with van der Waals surface area (Å²) in [6.07, 6.45) is 0.623. The van der Waals surface area contributed by atoms with Crippen molar-refractivity contribution in [3.05, 3.63) is 100 Å². The number of rotatable bonds is 8. The van der Waals surface area contributed by atoms with Gasteiger partial charge in [0.25, 0.3) is 11.8 Å². The zero-order valence-electron chi connectivity index (χ0n) is 22.6. The molecule has 1 aliphatic rings. The lowest BCUT2D eigenvalue weighted by molar-refractivity contribution is -0.120. The molecular weight excluding hydrogens is 532 g/mol. The van der Waals surface area contributed by atoms with E-state index in [1.807, 2.05) is 19.1 Å². The smallest absolute Gasteiger partial charge is 0.343 e. The average molecular weight is 561 g/mol. The SMILES string of the molecule is CCCOC(=O)c1ccccc1N1C(=O)C(Cl)=C(Nc2ccc(C(=O)Oc3ccc(C(C)(C)C)cc3)cc2)C1=O. The van der Waals surface area contributed by atoms with E-state index >= 15 is 0 Å². The van der Waals surface area contributed by atoms with Gasteiger partial charge in [0.05, 0.1) is 23.4 Å². The van der Waals surface area contributed by atoms with Crippen LogP contribution in [0.3, 0.4) is 0 Å². The number of nitrogens with one attached hydrogen (secondary N) is 1. The molecule has 0 spiro atoms. The number of halogens is 1. The molecule has 0 saturated carbocycles. The molecule has 0 unspecified atom stereocenters. The number of esters is 2. The number of hydrogen-bond acceptors (Lipinski definition) is 7. The molecule has 0 aromatic heterocycles. The van der Waals surface area contributed by atoms with Gasteiger partial charge in [-0.3, -0.25) is 9.59 Å². The van der Waals surface area contributed by atoms with Crippen LogP contribution in [0.5, 0.6) is 5.75 Å². The maximum atomic E-state index is 13.3. The van der Waals surface area contributed by atoms with E-state index in [2.05, 4.69) is 26.1 Å². The maximum absolute atomic E-state index is 13.3. The molecule has 4 rings (SSSR count). The highest BCUT2D eigenvalue weighted by Gasteiger charge is 2.40. The molecule has 8 nitrogen and oxygen atoms in total. The Labute approximate surface area is 237 Å². The fourth-order valence-corrected chi connectivity index (χ4v) is 4.18. The number of hydrogen-bond donors (Lipinski definition) is 1. The second-order valence-electron chi connectivity index (χ2n) is 10.2. The van der Waals surface area contributed by atoms with E-state index in [9.17, 15) is 19.2 Å². The van der Waals surface area contributed by atoms with E-state index in [1.165, 1.54) is 24.3 Å². The largest absolute Gasteiger partial charge is 0.462 e. The van der Waals surface area contributed by atoms with Crippen LogP contribution in [0, 0.1) is 0 Å². The average Bonchev–Trinajstić information content (AvgIpc) is 3.14. The minimum Gasteiger partial charge on any atom is -0.462 e. The van der Waals surface area contributed by atoms with E-state index < -0.39 is 23.8 Å². The van der Waals surface area contributed by atoms with Crippen molar-refractivity contribution in [2.45, 2.75) is 39.5 Å². The third kappa shape index (κ3) is 6.07. The van der Waals surface area contributed by atoms with Crippen LogP contribution in [-0.4, -0.2) is 30.4 Å². The van der Waals surface area contributed by atoms with Crippen molar-refractivity contribution in [3.8, 4) is 5.75 Å². The lowest BCUT2D eigenvalue weighted by Crippen LogP contribution is -2.33. The number of imide groups is 1. The molecular formula is C31H29ClN2O6. The van der Waals surface area contributed by atoms with Crippen molar-refractivity contribution in [2.24, 2.45) is 0 Å². The Morgan fingerprint density at radius 3 is 2.15 bits per heavy atom. The molecule has 206 valence electrons. The summed E-state index contributed by atoms with van der Waals surface area (Å²) in [4.78, 5) is 52.2. The van der Waals surface area contributed by atoms with Crippen molar-refractivity contribution in [1.29, 1.82) is 0 Å². The fourth-order valence-electron chi connectivity index (χ4n) is 3.97. The molecule has 0 fully saturated rings. The Kier molecular flexibility index (Phi) is 8.40. The Balaban J connectivity index is 1.47. The van der Waals surface area contributed by atoms with Gasteiger partial charge in [-0.2, -0.15) is 0 Å². The number of anilines is 2. The van der Waals surface area contributed by atoms with Crippen LogP contribution in [0.15, 0.2) is 83.5 Å². The van der Waals surface area contributed by atoms with E-state index in [-0.39, 0.29) is 34.0 Å². The van der Waals surface area contributed by atoms with Gasteiger partial charge in [0, 0.05) is 5.69 Å². The zero-order chi connectivity index (χ0) is 29.0. The number of para-hydroxylation sites is 1. The van der Waals surface area contributed by atoms with Crippen molar-refractivity contribution in [1.82, 2.24) is 0 Å². The summed E-state index contributed by atoms with van der Waals surface area (Å²) in [6.45, 7) is 8.36. The number of carbonyl (C=O) groups excluding carboxylic acids is 4. The summed E-state index contributed by atoms with van der Waals surface area (Å²) in [5, 5.41) is 2.53. The highest BCUT2D eigenvalue weighted by molar-refractivity contribution is 6.53. The summed E-state index contributed by atoms with van der Waals surface area (Å²) in [5.41, 5.74) is 1.79. The van der Waals surface area contributed by atoms with Gasteiger partial charge in [-0.15, -0.1) is 0 Å². The normalized spacial score (nSPS) is 13.5. The van der Waals surface area contributed by atoms with Gasteiger partial charge in [0.15, 0.2) is 0 Å². The number of benzene rings is 3. The van der Waals surface area contributed by atoms with Gasteiger partial charge in [0.2, 0.25) is 0 Å².